The lowest BCUT2D eigenvalue weighted by atomic mass is 9.96. The molecule has 0 radical (unpaired) electrons. The topological polar surface area (TPSA) is 102 Å². The molecule has 0 saturated heterocycles. The Morgan fingerprint density at radius 2 is 1.75 bits per heavy atom. The van der Waals surface area contributed by atoms with Crippen molar-refractivity contribution in [1.82, 2.24) is 30.4 Å². The number of carbonyl (C=O) groups is 2. The van der Waals surface area contributed by atoms with E-state index in [2.05, 4.69) is 25.8 Å². The minimum atomic E-state index is -0.472. The lowest BCUT2D eigenvalue weighted by Gasteiger charge is -2.22. The van der Waals surface area contributed by atoms with Crippen molar-refractivity contribution in [1.29, 1.82) is 0 Å². The van der Waals surface area contributed by atoms with Crippen molar-refractivity contribution >= 4 is 23.7 Å². The number of benzene rings is 1. The molecule has 2 aromatic heterocycles. The van der Waals surface area contributed by atoms with Crippen LogP contribution in [-0.2, 0) is 4.79 Å². The Morgan fingerprint density at radius 1 is 1.03 bits per heavy atom. The Labute approximate surface area is 189 Å². The molecule has 0 aliphatic heterocycles. The van der Waals surface area contributed by atoms with Gasteiger partial charge >= 0.3 is 6.03 Å². The summed E-state index contributed by atoms with van der Waals surface area (Å²) in [6, 6.07) is 9.16. The molecule has 0 atom stereocenters. The fraction of sp³-hybridized carbons (Fsp3) is 0.318. The minimum Gasteiger partial charge on any atom is -0.335 e. The predicted octanol–water partition coefficient (Wildman–Crippen LogP) is 3.72. The molecule has 0 unspecified atom stereocenters. The molecular weight excluding hydrogens is 431 g/mol. The number of pyridine rings is 1. The number of nitrogens with one attached hydrogen (secondary N) is 2. The molecular formula is C22H23FN6O2S. The van der Waals surface area contributed by atoms with Gasteiger partial charge in [0.2, 0.25) is 5.91 Å². The van der Waals surface area contributed by atoms with Crippen molar-refractivity contribution in [2.24, 2.45) is 0 Å². The fourth-order valence-electron chi connectivity index (χ4n) is 3.64. The van der Waals surface area contributed by atoms with Gasteiger partial charge in [0.25, 0.3) is 0 Å². The number of thioether (sulfide) groups is 1. The van der Waals surface area contributed by atoms with Gasteiger partial charge in [0.05, 0.1) is 5.75 Å². The van der Waals surface area contributed by atoms with Crippen molar-refractivity contribution in [2.45, 2.75) is 43.3 Å². The molecule has 0 spiro atoms. The smallest absolute Gasteiger partial charge is 0.321 e. The van der Waals surface area contributed by atoms with Crippen LogP contribution in [0.3, 0.4) is 0 Å². The highest BCUT2D eigenvalue weighted by molar-refractivity contribution is 7.99. The first-order valence-electron chi connectivity index (χ1n) is 10.4. The van der Waals surface area contributed by atoms with E-state index < -0.39 is 11.9 Å². The third-order valence-corrected chi connectivity index (χ3v) is 6.11. The number of urea groups is 1. The number of aromatic nitrogens is 4. The standard InChI is InChI=1S/C22H23FN6O2S/c23-16-6-8-18(9-7-16)29-20(15-10-12-24-13-11-15)27-28-22(29)32-14-19(30)26-21(31)25-17-4-2-1-3-5-17/h6-13,17H,1-5,14H2,(H2,25,26,30,31). The molecule has 166 valence electrons. The highest BCUT2D eigenvalue weighted by Crippen LogP contribution is 2.27. The van der Waals surface area contributed by atoms with Crippen LogP contribution in [0.1, 0.15) is 32.1 Å². The minimum absolute atomic E-state index is 0.0201. The highest BCUT2D eigenvalue weighted by Gasteiger charge is 2.20. The van der Waals surface area contributed by atoms with Gasteiger partial charge in [-0.1, -0.05) is 31.0 Å². The van der Waals surface area contributed by atoms with E-state index in [1.54, 1.807) is 41.2 Å². The van der Waals surface area contributed by atoms with E-state index in [1.165, 1.54) is 18.6 Å². The molecule has 4 rings (SSSR count). The molecule has 10 heteroatoms. The van der Waals surface area contributed by atoms with Crippen LogP contribution in [-0.4, -0.2) is 43.5 Å². The molecule has 32 heavy (non-hydrogen) atoms. The number of hydrogen-bond acceptors (Lipinski definition) is 6. The Hall–Kier alpha value is -3.27. The largest absolute Gasteiger partial charge is 0.335 e. The van der Waals surface area contributed by atoms with Crippen LogP contribution in [0.5, 0.6) is 0 Å². The Morgan fingerprint density at radius 3 is 2.47 bits per heavy atom. The first kappa shape index (κ1) is 21.9. The van der Waals surface area contributed by atoms with Crippen LogP contribution in [0.2, 0.25) is 0 Å². The third kappa shape index (κ3) is 5.50. The van der Waals surface area contributed by atoms with Crippen LogP contribution >= 0.6 is 11.8 Å². The quantitative estimate of drug-likeness (QED) is 0.551. The summed E-state index contributed by atoms with van der Waals surface area (Å²) in [5.74, 6) is -0.266. The van der Waals surface area contributed by atoms with Gasteiger partial charge in [-0.15, -0.1) is 10.2 Å². The van der Waals surface area contributed by atoms with Crippen molar-refractivity contribution in [3.05, 3.63) is 54.6 Å². The summed E-state index contributed by atoms with van der Waals surface area (Å²) in [4.78, 5) is 28.5. The Bertz CT molecular complexity index is 1070. The van der Waals surface area contributed by atoms with E-state index in [0.717, 1.165) is 43.0 Å². The summed E-state index contributed by atoms with van der Waals surface area (Å²) >= 11 is 1.15. The number of halogens is 1. The van der Waals surface area contributed by atoms with Crippen LogP contribution in [0.4, 0.5) is 9.18 Å². The number of imide groups is 1. The van der Waals surface area contributed by atoms with Gasteiger partial charge < -0.3 is 5.32 Å². The zero-order valence-corrected chi connectivity index (χ0v) is 18.1. The molecule has 1 fully saturated rings. The van der Waals surface area contributed by atoms with Crippen LogP contribution in [0.25, 0.3) is 17.1 Å². The lowest BCUT2D eigenvalue weighted by molar-refractivity contribution is -0.117. The second kappa shape index (κ2) is 10.4. The van der Waals surface area contributed by atoms with Crippen LogP contribution < -0.4 is 10.6 Å². The second-order valence-corrected chi connectivity index (χ2v) is 8.44. The molecule has 1 aliphatic carbocycles. The maximum absolute atomic E-state index is 13.5. The number of nitrogens with zero attached hydrogens (tertiary/aromatic N) is 4. The molecule has 3 aromatic rings. The normalized spacial score (nSPS) is 14.2. The summed E-state index contributed by atoms with van der Waals surface area (Å²) in [6.07, 6.45) is 8.53. The average Bonchev–Trinajstić information content (AvgIpc) is 3.23. The van der Waals surface area contributed by atoms with E-state index in [9.17, 15) is 14.0 Å². The number of amides is 3. The van der Waals surface area contributed by atoms with Gasteiger partial charge in [-0.05, 0) is 49.2 Å². The third-order valence-electron chi connectivity index (χ3n) is 5.18. The second-order valence-electron chi connectivity index (χ2n) is 7.50. The van der Waals surface area contributed by atoms with Gasteiger partial charge in [-0.25, -0.2) is 9.18 Å². The van der Waals surface area contributed by atoms with Crippen molar-refractivity contribution < 1.29 is 14.0 Å². The van der Waals surface area contributed by atoms with Crippen molar-refractivity contribution in [2.75, 3.05) is 5.75 Å². The predicted molar refractivity (Wildman–Crippen MR) is 119 cm³/mol. The SMILES string of the molecule is O=C(CSc1nnc(-c2ccncc2)n1-c1ccc(F)cc1)NC(=O)NC1CCCCC1. The van der Waals surface area contributed by atoms with Crippen molar-refractivity contribution in [3.63, 3.8) is 0 Å². The van der Waals surface area contributed by atoms with Gasteiger partial charge in [-0.2, -0.15) is 0 Å². The van der Waals surface area contributed by atoms with Crippen molar-refractivity contribution in [3.8, 4) is 17.1 Å². The van der Waals surface area contributed by atoms with E-state index >= 15 is 0 Å². The molecule has 0 bridgehead atoms. The van der Waals surface area contributed by atoms with E-state index in [1.807, 2.05) is 0 Å². The molecule has 3 amide bonds. The number of carbonyl (C=O) groups excluding carboxylic acids is 2. The summed E-state index contributed by atoms with van der Waals surface area (Å²) < 4.78 is 15.2. The number of hydrogen-bond donors (Lipinski definition) is 2. The Balaban J connectivity index is 1.46. The molecule has 2 N–H and O–H groups in total. The molecule has 1 aromatic carbocycles. The zero-order chi connectivity index (χ0) is 22.3. The monoisotopic (exact) mass is 454 g/mol. The maximum Gasteiger partial charge on any atom is 0.321 e. The van der Waals surface area contributed by atoms with E-state index in [4.69, 9.17) is 0 Å². The maximum atomic E-state index is 13.5. The van der Waals surface area contributed by atoms with Gasteiger partial charge in [0.1, 0.15) is 5.82 Å². The van der Waals surface area contributed by atoms with Gasteiger partial charge in [0.15, 0.2) is 11.0 Å². The van der Waals surface area contributed by atoms with Gasteiger partial charge in [0, 0.05) is 29.7 Å². The summed E-state index contributed by atoms with van der Waals surface area (Å²) in [6.45, 7) is 0. The van der Waals surface area contributed by atoms with Crippen LogP contribution in [0, 0.1) is 5.82 Å². The fourth-order valence-corrected chi connectivity index (χ4v) is 4.39. The summed E-state index contributed by atoms with van der Waals surface area (Å²) in [7, 11) is 0. The summed E-state index contributed by atoms with van der Waals surface area (Å²) in [5, 5.41) is 14.2. The highest BCUT2D eigenvalue weighted by atomic mass is 32.2. The molecule has 2 heterocycles. The molecule has 1 aliphatic rings. The molecule has 1 saturated carbocycles. The Kier molecular flexibility index (Phi) is 7.10. The summed E-state index contributed by atoms with van der Waals surface area (Å²) in [5.41, 5.74) is 1.43. The number of rotatable bonds is 6. The molecule has 8 nitrogen and oxygen atoms in total. The van der Waals surface area contributed by atoms with E-state index in [-0.39, 0.29) is 17.6 Å². The van der Waals surface area contributed by atoms with Gasteiger partial charge in [-0.3, -0.25) is 19.7 Å². The van der Waals surface area contributed by atoms with E-state index in [0.29, 0.717) is 16.7 Å². The first-order chi connectivity index (χ1) is 15.6. The van der Waals surface area contributed by atoms with Crippen LogP contribution in [0.15, 0.2) is 53.9 Å². The average molecular weight is 455 g/mol. The first-order valence-corrected chi connectivity index (χ1v) is 11.4. The lowest BCUT2D eigenvalue weighted by Crippen LogP contribution is -2.45. The zero-order valence-electron chi connectivity index (χ0n) is 17.3.